The maximum atomic E-state index is 13.7. The van der Waals surface area contributed by atoms with Crippen molar-refractivity contribution in [2.75, 3.05) is 39.1 Å². The van der Waals surface area contributed by atoms with Crippen molar-refractivity contribution < 1.29 is 33.3 Å². The quantitative estimate of drug-likeness (QED) is 0.0932. The fourth-order valence-electron chi connectivity index (χ4n) is 4.63. The fraction of sp³-hybridized carbons (Fsp3) is 0.194. The summed E-state index contributed by atoms with van der Waals surface area (Å²) in [6.07, 6.45) is 2.04. The van der Waals surface area contributed by atoms with Gasteiger partial charge in [0.15, 0.2) is 11.5 Å². The normalized spacial score (nSPS) is 11.6. The minimum absolute atomic E-state index is 0.0219. The van der Waals surface area contributed by atoms with Gasteiger partial charge in [-0.25, -0.2) is 0 Å². The molecule has 1 unspecified atom stereocenters. The zero-order valence-corrected chi connectivity index (χ0v) is 28.7. The van der Waals surface area contributed by atoms with Crippen molar-refractivity contribution in [1.29, 1.82) is 0 Å². The molecule has 0 saturated heterocycles. The predicted molar refractivity (Wildman–Crippen MR) is 190 cm³/mol. The van der Waals surface area contributed by atoms with E-state index in [1.165, 1.54) is 46.3 Å². The van der Waals surface area contributed by atoms with Crippen LogP contribution >= 0.6 is 23.4 Å². The number of carbonyl (C=O) groups excluding carboxylic acids is 3. The molecule has 1 atom stereocenters. The average Bonchev–Trinajstić information content (AvgIpc) is 3.10. The number of methoxy groups -OCH3 is 4. The number of hydrogen-bond donors (Lipinski definition) is 3. The standard InChI is InChI=1S/C36H36ClN3O7S/c1-6-32(36(43)39-27-20-26(37)30(45-3)21-31(27)46-4)48-25-16-11-15-24(19-25)38-35(42)28(40-34(41)22-12-8-7-9-13-22)18-23-14-10-17-29(44-2)33(23)47-5/h7-21,32H,6H2,1-5H3,(H,38,42)(H,39,43)(H,40,41)/b28-18+. The van der Waals surface area contributed by atoms with E-state index in [9.17, 15) is 14.4 Å². The highest BCUT2D eigenvalue weighted by Crippen LogP contribution is 2.37. The van der Waals surface area contributed by atoms with Crippen LogP contribution in [0.5, 0.6) is 23.0 Å². The van der Waals surface area contributed by atoms with Gasteiger partial charge in [0.2, 0.25) is 5.91 Å². The maximum Gasteiger partial charge on any atom is 0.272 e. The third kappa shape index (κ3) is 9.02. The number of ether oxygens (including phenoxy) is 4. The molecule has 0 bridgehead atoms. The highest BCUT2D eigenvalue weighted by Gasteiger charge is 2.22. The second kappa shape index (κ2) is 17.1. The summed E-state index contributed by atoms with van der Waals surface area (Å²) in [5, 5.41) is 8.34. The number of nitrogens with one attached hydrogen (secondary N) is 3. The number of hydrogen-bond acceptors (Lipinski definition) is 8. The Hall–Kier alpha value is -5.13. The molecule has 3 amide bonds. The number of para-hydroxylation sites is 1. The third-order valence-electron chi connectivity index (χ3n) is 7.03. The number of thioether (sulfide) groups is 1. The lowest BCUT2D eigenvalue weighted by Gasteiger charge is -2.18. The summed E-state index contributed by atoms with van der Waals surface area (Å²) in [5.41, 5.74) is 1.75. The van der Waals surface area contributed by atoms with Gasteiger partial charge in [0, 0.05) is 27.8 Å². The van der Waals surface area contributed by atoms with E-state index < -0.39 is 17.1 Å². The van der Waals surface area contributed by atoms with Gasteiger partial charge in [-0.05, 0) is 55.0 Å². The summed E-state index contributed by atoms with van der Waals surface area (Å²) in [6, 6.07) is 24.1. The monoisotopic (exact) mass is 689 g/mol. The minimum Gasteiger partial charge on any atom is -0.495 e. The Labute approximate surface area is 288 Å². The molecule has 0 fully saturated rings. The summed E-state index contributed by atoms with van der Waals surface area (Å²) in [4.78, 5) is 40.9. The Balaban J connectivity index is 1.56. The van der Waals surface area contributed by atoms with Gasteiger partial charge in [-0.3, -0.25) is 14.4 Å². The molecule has 0 saturated carbocycles. The Morgan fingerprint density at radius 3 is 2.17 bits per heavy atom. The molecule has 0 spiro atoms. The first-order valence-corrected chi connectivity index (χ1v) is 16.1. The SMILES string of the molecule is CCC(Sc1cccc(NC(=O)/C(=C\c2cccc(OC)c2OC)NC(=O)c2ccccc2)c1)C(=O)Nc1cc(Cl)c(OC)cc1OC. The molecule has 0 aromatic heterocycles. The van der Waals surface area contributed by atoms with E-state index in [0.717, 1.165) is 4.90 Å². The summed E-state index contributed by atoms with van der Waals surface area (Å²) < 4.78 is 21.6. The molecule has 4 aromatic carbocycles. The molecule has 250 valence electrons. The van der Waals surface area contributed by atoms with E-state index >= 15 is 0 Å². The molecule has 4 aromatic rings. The van der Waals surface area contributed by atoms with Crippen molar-refractivity contribution in [3.8, 4) is 23.0 Å². The lowest BCUT2D eigenvalue weighted by Crippen LogP contribution is -2.30. The molecule has 0 aliphatic rings. The highest BCUT2D eigenvalue weighted by molar-refractivity contribution is 8.00. The van der Waals surface area contributed by atoms with Crippen molar-refractivity contribution in [3.63, 3.8) is 0 Å². The summed E-state index contributed by atoms with van der Waals surface area (Å²) in [5.74, 6) is 0.409. The van der Waals surface area contributed by atoms with Gasteiger partial charge in [-0.2, -0.15) is 0 Å². The minimum atomic E-state index is -0.570. The highest BCUT2D eigenvalue weighted by atomic mass is 35.5. The molecule has 0 aliphatic carbocycles. The topological polar surface area (TPSA) is 124 Å². The van der Waals surface area contributed by atoms with Crippen LogP contribution in [0.3, 0.4) is 0 Å². The van der Waals surface area contributed by atoms with Crippen LogP contribution in [-0.2, 0) is 9.59 Å². The number of rotatable bonds is 14. The van der Waals surface area contributed by atoms with Gasteiger partial charge in [-0.15, -0.1) is 11.8 Å². The molecule has 4 rings (SSSR count). The molecule has 0 heterocycles. The molecule has 12 heteroatoms. The Morgan fingerprint density at radius 2 is 1.50 bits per heavy atom. The van der Waals surface area contributed by atoms with Crippen LogP contribution in [-0.4, -0.2) is 51.4 Å². The van der Waals surface area contributed by atoms with Crippen molar-refractivity contribution in [1.82, 2.24) is 5.32 Å². The first-order valence-electron chi connectivity index (χ1n) is 14.8. The van der Waals surface area contributed by atoms with Crippen molar-refractivity contribution in [2.24, 2.45) is 0 Å². The van der Waals surface area contributed by atoms with Crippen LogP contribution in [0, 0.1) is 0 Å². The number of halogens is 1. The van der Waals surface area contributed by atoms with Gasteiger partial charge < -0.3 is 34.9 Å². The second-order valence-corrected chi connectivity index (χ2v) is 11.8. The van der Waals surface area contributed by atoms with Crippen LogP contribution in [0.1, 0.15) is 29.3 Å². The van der Waals surface area contributed by atoms with Gasteiger partial charge in [0.1, 0.15) is 17.2 Å². The average molecular weight is 690 g/mol. The van der Waals surface area contributed by atoms with Crippen LogP contribution in [0.25, 0.3) is 6.08 Å². The summed E-state index contributed by atoms with van der Waals surface area (Å²) in [6.45, 7) is 1.90. The van der Waals surface area contributed by atoms with E-state index in [0.29, 0.717) is 56.9 Å². The van der Waals surface area contributed by atoms with Gasteiger partial charge in [0.25, 0.3) is 11.8 Å². The molecule has 3 N–H and O–H groups in total. The van der Waals surface area contributed by atoms with Gasteiger partial charge in [-0.1, -0.05) is 54.9 Å². The molecular weight excluding hydrogens is 654 g/mol. The Kier molecular flexibility index (Phi) is 12.8. The smallest absolute Gasteiger partial charge is 0.272 e. The van der Waals surface area contributed by atoms with Crippen molar-refractivity contribution >= 4 is 58.5 Å². The first kappa shape index (κ1) is 35.7. The van der Waals surface area contributed by atoms with Gasteiger partial charge in [0.05, 0.1) is 44.4 Å². The van der Waals surface area contributed by atoms with Gasteiger partial charge >= 0.3 is 0 Å². The lowest BCUT2D eigenvalue weighted by atomic mass is 10.1. The number of carbonyl (C=O) groups is 3. The maximum absolute atomic E-state index is 13.7. The first-order chi connectivity index (χ1) is 23.2. The Bertz CT molecular complexity index is 1800. The van der Waals surface area contributed by atoms with E-state index in [2.05, 4.69) is 16.0 Å². The van der Waals surface area contributed by atoms with E-state index in [1.807, 2.05) is 13.0 Å². The lowest BCUT2D eigenvalue weighted by molar-refractivity contribution is -0.116. The molecule has 0 radical (unpaired) electrons. The molecule has 48 heavy (non-hydrogen) atoms. The summed E-state index contributed by atoms with van der Waals surface area (Å²) >= 11 is 7.62. The zero-order valence-electron chi connectivity index (χ0n) is 27.1. The fourth-order valence-corrected chi connectivity index (χ4v) is 5.88. The number of benzene rings is 4. The second-order valence-electron chi connectivity index (χ2n) is 10.1. The number of amides is 3. The van der Waals surface area contributed by atoms with Crippen molar-refractivity contribution in [2.45, 2.75) is 23.5 Å². The van der Waals surface area contributed by atoms with Crippen LogP contribution in [0.2, 0.25) is 5.02 Å². The van der Waals surface area contributed by atoms with E-state index in [4.69, 9.17) is 30.5 Å². The van der Waals surface area contributed by atoms with Crippen LogP contribution in [0.4, 0.5) is 11.4 Å². The molecule has 10 nitrogen and oxygen atoms in total. The molecule has 0 aliphatic heterocycles. The number of anilines is 2. The van der Waals surface area contributed by atoms with Crippen LogP contribution < -0.4 is 34.9 Å². The van der Waals surface area contributed by atoms with Crippen molar-refractivity contribution in [3.05, 3.63) is 107 Å². The summed E-state index contributed by atoms with van der Waals surface area (Å²) in [7, 11) is 5.99. The van der Waals surface area contributed by atoms with Crippen LogP contribution in [0.15, 0.2) is 95.5 Å². The Morgan fingerprint density at radius 1 is 0.792 bits per heavy atom. The molecular formula is C36H36ClN3O7S. The zero-order chi connectivity index (χ0) is 34.6. The van der Waals surface area contributed by atoms with E-state index in [-0.39, 0.29) is 11.6 Å². The van der Waals surface area contributed by atoms with E-state index in [1.54, 1.807) is 78.9 Å². The predicted octanol–water partition coefficient (Wildman–Crippen LogP) is 7.29. The largest absolute Gasteiger partial charge is 0.495 e. The third-order valence-corrected chi connectivity index (χ3v) is 8.68.